The van der Waals surface area contributed by atoms with Gasteiger partial charge in [0.25, 0.3) is 5.88 Å². The zero-order chi connectivity index (χ0) is 17.8. The third-order valence-electron chi connectivity index (χ3n) is 3.78. The molecule has 0 bridgehead atoms. The molecule has 0 unspecified atom stereocenters. The fourth-order valence-corrected chi connectivity index (χ4v) is 2.62. The van der Waals surface area contributed by atoms with Crippen LogP contribution < -0.4 is 10.5 Å². The molecule has 2 N–H and O–H groups in total. The molecule has 5 nitrogen and oxygen atoms in total. The molecule has 3 aromatic rings. The normalized spacial score (nSPS) is 10.4. The second-order valence-electron chi connectivity index (χ2n) is 5.74. The van der Waals surface area contributed by atoms with E-state index >= 15 is 0 Å². The Hall–Kier alpha value is -2.97. The van der Waals surface area contributed by atoms with Gasteiger partial charge in [0.15, 0.2) is 5.56 Å². The van der Waals surface area contributed by atoms with Crippen LogP contribution in [0.2, 0.25) is 5.02 Å². The number of nitrogens with zero attached hydrogens (tertiary/aromatic N) is 3. The Morgan fingerprint density at radius 2 is 1.96 bits per heavy atom. The summed E-state index contributed by atoms with van der Waals surface area (Å²) < 4.78 is 7.29. The number of aromatic nitrogens is 2. The number of ether oxygens (including phenoxy) is 1. The van der Waals surface area contributed by atoms with Crippen LogP contribution in [0.4, 0.5) is 5.82 Å². The summed E-state index contributed by atoms with van der Waals surface area (Å²) in [7, 11) is 0. The minimum atomic E-state index is 0.246. The van der Waals surface area contributed by atoms with Gasteiger partial charge in [-0.15, -0.1) is 5.10 Å². The minimum Gasteiger partial charge on any atom is -0.471 e. The van der Waals surface area contributed by atoms with E-state index in [0.717, 1.165) is 16.7 Å². The van der Waals surface area contributed by atoms with Crippen LogP contribution in [-0.4, -0.2) is 9.78 Å². The second-order valence-corrected chi connectivity index (χ2v) is 6.18. The standard InChI is InChI=1S/C19H17ClN4O/c1-13-3-2-4-15(9-13)12-25-19-17(10-21)18(22)24(23-19)11-14-5-7-16(20)8-6-14/h2-9H,11-12,22H2,1H3. The smallest absolute Gasteiger partial charge is 0.253 e. The van der Waals surface area contributed by atoms with E-state index in [1.807, 2.05) is 43.3 Å². The van der Waals surface area contributed by atoms with Crippen LogP contribution in [-0.2, 0) is 13.2 Å². The minimum absolute atomic E-state index is 0.246. The number of benzene rings is 2. The Bertz CT molecular complexity index is 926. The summed E-state index contributed by atoms with van der Waals surface area (Å²) in [5.41, 5.74) is 9.45. The van der Waals surface area contributed by atoms with E-state index in [1.165, 1.54) is 0 Å². The van der Waals surface area contributed by atoms with Crippen molar-refractivity contribution in [2.24, 2.45) is 0 Å². The predicted octanol–water partition coefficient (Wildman–Crippen LogP) is 3.93. The number of hydrogen-bond acceptors (Lipinski definition) is 4. The molecule has 0 saturated carbocycles. The Labute approximate surface area is 151 Å². The molecular weight excluding hydrogens is 336 g/mol. The van der Waals surface area contributed by atoms with Gasteiger partial charge in [-0.25, -0.2) is 4.68 Å². The molecule has 0 aliphatic heterocycles. The van der Waals surface area contributed by atoms with E-state index < -0.39 is 0 Å². The molecule has 0 spiro atoms. The number of nitrogens with two attached hydrogens (primary N) is 1. The quantitative estimate of drug-likeness (QED) is 0.754. The molecule has 126 valence electrons. The van der Waals surface area contributed by atoms with Gasteiger partial charge >= 0.3 is 0 Å². The summed E-state index contributed by atoms with van der Waals surface area (Å²) in [5.74, 6) is 0.534. The number of anilines is 1. The summed E-state index contributed by atoms with van der Waals surface area (Å²) in [6.07, 6.45) is 0. The van der Waals surface area contributed by atoms with Crippen molar-refractivity contribution in [2.45, 2.75) is 20.1 Å². The Balaban J connectivity index is 1.80. The summed E-state index contributed by atoms with van der Waals surface area (Å²) in [6.45, 7) is 2.78. The van der Waals surface area contributed by atoms with Gasteiger partial charge in [-0.3, -0.25) is 0 Å². The number of rotatable bonds is 5. The summed E-state index contributed by atoms with van der Waals surface area (Å²) in [6, 6.07) is 17.4. The van der Waals surface area contributed by atoms with Crippen LogP contribution in [0.1, 0.15) is 22.3 Å². The van der Waals surface area contributed by atoms with Gasteiger partial charge < -0.3 is 10.5 Å². The molecule has 0 saturated heterocycles. The Kier molecular flexibility index (Phi) is 4.92. The molecule has 1 heterocycles. The maximum Gasteiger partial charge on any atom is 0.253 e. The molecule has 1 aromatic heterocycles. The first-order valence-corrected chi connectivity index (χ1v) is 8.14. The lowest BCUT2D eigenvalue weighted by Gasteiger charge is -2.05. The van der Waals surface area contributed by atoms with Gasteiger partial charge in [0, 0.05) is 5.02 Å². The van der Waals surface area contributed by atoms with Gasteiger partial charge in [0.2, 0.25) is 0 Å². The molecule has 0 aliphatic carbocycles. The highest BCUT2D eigenvalue weighted by molar-refractivity contribution is 6.30. The maximum absolute atomic E-state index is 9.38. The van der Waals surface area contributed by atoms with Crippen molar-refractivity contribution < 1.29 is 4.74 Å². The topological polar surface area (TPSA) is 76.9 Å². The highest BCUT2D eigenvalue weighted by atomic mass is 35.5. The number of nitriles is 1. The van der Waals surface area contributed by atoms with Crippen molar-refractivity contribution in [3.8, 4) is 11.9 Å². The van der Waals surface area contributed by atoms with Crippen LogP contribution in [0.5, 0.6) is 5.88 Å². The highest BCUT2D eigenvalue weighted by Gasteiger charge is 2.17. The molecule has 0 radical (unpaired) electrons. The van der Waals surface area contributed by atoms with Gasteiger partial charge in [0.05, 0.1) is 6.54 Å². The molecule has 0 fully saturated rings. The fraction of sp³-hybridized carbons (Fsp3) is 0.158. The van der Waals surface area contributed by atoms with Crippen LogP contribution in [0.15, 0.2) is 48.5 Å². The zero-order valence-electron chi connectivity index (χ0n) is 13.7. The van der Waals surface area contributed by atoms with Gasteiger partial charge in [0.1, 0.15) is 18.5 Å². The Morgan fingerprint density at radius 3 is 2.64 bits per heavy atom. The molecule has 3 rings (SSSR count). The van der Waals surface area contributed by atoms with Crippen LogP contribution in [0, 0.1) is 18.3 Å². The third-order valence-corrected chi connectivity index (χ3v) is 4.03. The Morgan fingerprint density at radius 1 is 1.20 bits per heavy atom. The lowest BCUT2D eigenvalue weighted by molar-refractivity contribution is 0.289. The van der Waals surface area contributed by atoms with E-state index in [1.54, 1.807) is 16.8 Å². The molecule has 6 heteroatoms. The number of halogens is 1. The van der Waals surface area contributed by atoms with Crippen molar-refractivity contribution in [1.82, 2.24) is 9.78 Å². The van der Waals surface area contributed by atoms with Gasteiger partial charge in [-0.1, -0.05) is 53.6 Å². The fourth-order valence-electron chi connectivity index (χ4n) is 2.50. The van der Waals surface area contributed by atoms with Crippen molar-refractivity contribution in [3.05, 3.63) is 75.8 Å². The maximum atomic E-state index is 9.38. The SMILES string of the molecule is Cc1cccc(COc2nn(Cc3ccc(Cl)cc3)c(N)c2C#N)c1. The summed E-state index contributed by atoms with van der Waals surface area (Å²) in [4.78, 5) is 0. The molecule has 25 heavy (non-hydrogen) atoms. The van der Waals surface area contributed by atoms with Crippen LogP contribution >= 0.6 is 11.6 Å². The number of hydrogen-bond donors (Lipinski definition) is 1. The third kappa shape index (κ3) is 3.93. The van der Waals surface area contributed by atoms with Crippen molar-refractivity contribution >= 4 is 17.4 Å². The molecule has 2 aromatic carbocycles. The first-order valence-electron chi connectivity index (χ1n) is 7.76. The lowest BCUT2D eigenvalue weighted by atomic mass is 10.1. The van der Waals surface area contributed by atoms with Gasteiger partial charge in [-0.05, 0) is 30.2 Å². The van der Waals surface area contributed by atoms with E-state index in [2.05, 4.69) is 11.2 Å². The summed E-state index contributed by atoms with van der Waals surface area (Å²) in [5, 5.41) is 14.4. The second kappa shape index (κ2) is 7.29. The first-order chi connectivity index (χ1) is 12.1. The highest BCUT2D eigenvalue weighted by Crippen LogP contribution is 2.25. The average molecular weight is 353 g/mol. The molecular formula is C19H17ClN4O. The van der Waals surface area contributed by atoms with Crippen LogP contribution in [0.25, 0.3) is 0 Å². The molecule has 0 amide bonds. The predicted molar refractivity (Wildman–Crippen MR) is 97.4 cm³/mol. The number of nitrogen functional groups attached to an aromatic ring is 1. The van der Waals surface area contributed by atoms with E-state index in [4.69, 9.17) is 22.1 Å². The van der Waals surface area contributed by atoms with Crippen molar-refractivity contribution in [3.63, 3.8) is 0 Å². The largest absolute Gasteiger partial charge is 0.471 e. The molecule has 0 aliphatic rings. The van der Waals surface area contributed by atoms with Crippen molar-refractivity contribution in [1.29, 1.82) is 5.26 Å². The van der Waals surface area contributed by atoms with Crippen LogP contribution in [0.3, 0.4) is 0 Å². The van der Waals surface area contributed by atoms with E-state index in [0.29, 0.717) is 18.2 Å². The lowest BCUT2D eigenvalue weighted by Crippen LogP contribution is -2.06. The molecule has 0 atom stereocenters. The summed E-state index contributed by atoms with van der Waals surface area (Å²) >= 11 is 5.90. The van der Waals surface area contributed by atoms with E-state index in [-0.39, 0.29) is 17.3 Å². The average Bonchev–Trinajstić information content (AvgIpc) is 2.90. The first kappa shape index (κ1) is 16.9. The van der Waals surface area contributed by atoms with Crippen molar-refractivity contribution in [2.75, 3.05) is 5.73 Å². The van der Waals surface area contributed by atoms with Gasteiger partial charge in [-0.2, -0.15) is 5.26 Å². The van der Waals surface area contributed by atoms with E-state index in [9.17, 15) is 5.26 Å². The monoisotopic (exact) mass is 352 g/mol. The zero-order valence-corrected chi connectivity index (χ0v) is 14.5. The number of aryl methyl sites for hydroxylation is 1.